The fourth-order valence-corrected chi connectivity index (χ4v) is 5.67. The number of fused-ring (bicyclic) bond motifs is 3. The van der Waals surface area contributed by atoms with Crippen molar-refractivity contribution in [2.24, 2.45) is 5.92 Å². The molecule has 2 aromatic carbocycles. The smallest absolute Gasteiger partial charge is 0.225 e. The molecule has 6 heteroatoms. The molecule has 31 heavy (non-hydrogen) atoms. The summed E-state index contributed by atoms with van der Waals surface area (Å²) in [6, 6.07) is 20.9. The summed E-state index contributed by atoms with van der Waals surface area (Å²) in [6.07, 6.45) is 1.68. The van der Waals surface area contributed by atoms with E-state index in [1.165, 1.54) is 21.8 Å². The number of piperazine rings is 1. The van der Waals surface area contributed by atoms with E-state index in [2.05, 4.69) is 69.0 Å². The number of hydrogen-bond acceptors (Lipinski definition) is 4. The maximum Gasteiger partial charge on any atom is 0.225 e. The van der Waals surface area contributed by atoms with E-state index in [0.29, 0.717) is 6.54 Å². The molecule has 2 aliphatic heterocycles. The second-order valence-electron chi connectivity index (χ2n) is 8.24. The summed E-state index contributed by atoms with van der Waals surface area (Å²) in [6.45, 7) is 3.35. The van der Waals surface area contributed by atoms with Crippen LogP contribution in [0, 0.1) is 5.92 Å². The maximum absolute atomic E-state index is 13.3. The highest BCUT2D eigenvalue weighted by molar-refractivity contribution is 7.09. The molecule has 1 saturated heterocycles. The van der Waals surface area contributed by atoms with Gasteiger partial charge >= 0.3 is 0 Å². The number of halogens is 1. The molecule has 0 radical (unpaired) electrons. The summed E-state index contributed by atoms with van der Waals surface area (Å²) in [4.78, 5) is 19.5. The molecule has 1 fully saturated rings. The molecule has 0 spiro atoms. The highest BCUT2D eigenvalue weighted by atomic mass is 35.5. The zero-order valence-electron chi connectivity index (χ0n) is 17.3. The lowest BCUT2D eigenvalue weighted by Crippen LogP contribution is -2.61. The van der Waals surface area contributed by atoms with Gasteiger partial charge in [0.2, 0.25) is 5.91 Å². The van der Waals surface area contributed by atoms with Gasteiger partial charge in [-0.3, -0.25) is 4.79 Å². The van der Waals surface area contributed by atoms with E-state index in [4.69, 9.17) is 11.6 Å². The van der Waals surface area contributed by atoms with Gasteiger partial charge in [0.25, 0.3) is 0 Å². The highest BCUT2D eigenvalue weighted by Crippen LogP contribution is 2.37. The molecule has 4 nitrogen and oxygen atoms in total. The van der Waals surface area contributed by atoms with Gasteiger partial charge in [-0.1, -0.05) is 35.9 Å². The van der Waals surface area contributed by atoms with Crippen LogP contribution < -0.4 is 15.1 Å². The monoisotopic (exact) mass is 451 g/mol. The van der Waals surface area contributed by atoms with E-state index in [0.717, 1.165) is 37.5 Å². The van der Waals surface area contributed by atoms with E-state index in [1.54, 1.807) is 11.3 Å². The average molecular weight is 452 g/mol. The third kappa shape index (κ3) is 4.30. The molecule has 1 aromatic heterocycles. The third-order valence-electron chi connectivity index (χ3n) is 6.40. The summed E-state index contributed by atoms with van der Waals surface area (Å²) in [7, 11) is 0. The minimum absolute atomic E-state index is 0.0617. The summed E-state index contributed by atoms with van der Waals surface area (Å²) < 4.78 is 0. The largest absolute Gasteiger partial charge is 0.368 e. The molecule has 1 N–H and O–H groups in total. The summed E-state index contributed by atoms with van der Waals surface area (Å²) >= 11 is 7.83. The van der Waals surface area contributed by atoms with Crippen molar-refractivity contribution in [1.82, 2.24) is 5.32 Å². The van der Waals surface area contributed by atoms with Crippen LogP contribution in [-0.2, 0) is 17.6 Å². The average Bonchev–Trinajstić information content (AvgIpc) is 3.32. The first kappa shape index (κ1) is 20.4. The van der Waals surface area contributed by atoms with Crippen LogP contribution in [0.2, 0.25) is 5.02 Å². The lowest BCUT2D eigenvalue weighted by molar-refractivity contribution is -0.125. The van der Waals surface area contributed by atoms with Crippen molar-refractivity contribution < 1.29 is 4.79 Å². The number of thiophene rings is 1. The second-order valence-corrected chi connectivity index (χ2v) is 9.71. The number of rotatable bonds is 5. The van der Waals surface area contributed by atoms with Crippen molar-refractivity contribution >= 4 is 40.2 Å². The quantitative estimate of drug-likeness (QED) is 0.614. The van der Waals surface area contributed by atoms with Crippen molar-refractivity contribution in [3.8, 4) is 0 Å². The Bertz CT molecular complexity index is 1040. The number of para-hydroxylation sites is 1. The number of nitrogens with one attached hydrogen (secondary N) is 1. The summed E-state index contributed by atoms with van der Waals surface area (Å²) in [5.41, 5.74) is 3.72. The Morgan fingerprint density at radius 3 is 2.71 bits per heavy atom. The van der Waals surface area contributed by atoms with Gasteiger partial charge in [0.15, 0.2) is 0 Å². The SMILES string of the molecule is O=C(NCCc1cccs1)C1Cc2ccccc2N2CCN(c3ccc(Cl)cc3)CC12. The number of carbonyl (C=O) groups is 1. The van der Waals surface area contributed by atoms with Crippen LogP contribution >= 0.6 is 22.9 Å². The Kier molecular flexibility index (Phi) is 5.88. The lowest BCUT2D eigenvalue weighted by Gasteiger charge is -2.49. The number of carbonyl (C=O) groups excluding carboxylic acids is 1. The maximum atomic E-state index is 13.3. The van der Waals surface area contributed by atoms with Crippen LogP contribution in [0.3, 0.4) is 0 Å². The fourth-order valence-electron chi connectivity index (χ4n) is 4.84. The Morgan fingerprint density at radius 1 is 1.06 bits per heavy atom. The first-order valence-electron chi connectivity index (χ1n) is 10.8. The van der Waals surface area contributed by atoms with E-state index < -0.39 is 0 Å². The van der Waals surface area contributed by atoms with Crippen molar-refractivity contribution in [2.75, 3.05) is 36.0 Å². The Labute approximate surface area is 192 Å². The number of anilines is 2. The van der Waals surface area contributed by atoms with Crippen LogP contribution in [0.5, 0.6) is 0 Å². The van der Waals surface area contributed by atoms with Gasteiger partial charge in [0.05, 0.1) is 12.0 Å². The molecule has 2 atom stereocenters. The van der Waals surface area contributed by atoms with Crippen LogP contribution in [-0.4, -0.2) is 38.1 Å². The van der Waals surface area contributed by atoms with Crippen LogP contribution in [0.15, 0.2) is 66.0 Å². The van der Waals surface area contributed by atoms with Crippen LogP contribution in [0.4, 0.5) is 11.4 Å². The Balaban J connectivity index is 1.35. The third-order valence-corrected chi connectivity index (χ3v) is 7.59. The molecule has 3 heterocycles. The van der Waals surface area contributed by atoms with Crippen molar-refractivity contribution in [3.05, 3.63) is 81.5 Å². The molecule has 3 aromatic rings. The van der Waals surface area contributed by atoms with Gasteiger partial charge in [0.1, 0.15) is 0 Å². The van der Waals surface area contributed by atoms with Gasteiger partial charge in [-0.2, -0.15) is 0 Å². The Morgan fingerprint density at radius 2 is 1.90 bits per heavy atom. The zero-order valence-corrected chi connectivity index (χ0v) is 18.9. The van der Waals surface area contributed by atoms with Crippen molar-refractivity contribution in [2.45, 2.75) is 18.9 Å². The predicted molar refractivity (Wildman–Crippen MR) is 129 cm³/mol. The topological polar surface area (TPSA) is 35.6 Å². The van der Waals surface area contributed by atoms with Crippen LogP contribution in [0.25, 0.3) is 0 Å². The standard InChI is InChI=1S/C25H26ClN3OS/c26-19-7-9-20(10-8-19)28-13-14-29-23-6-2-1-4-18(23)16-22(24(29)17-28)25(30)27-12-11-21-5-3-15-31-21/h1-10,15,22,24H,11-14,16-17H2,(H,27,30). The lowest BCUT2D eigenvalue weighted by atomic mass is 9.83. The highest BCUT2D eigenvalue weighted by Gasteiger charge is 2.41. The molecular weight excluding hydrogens is 426 g/mol. The molecule has 0 bridgehead atoms. The zero-order chi connectivity index (χ0) is 21.2. The van der Waals surface area contributed by atoms with E-state index >= 15 is 0 Å². The molecule has 2 aliphatic rings. The summed E-state index contributed by atoms with van der Waals surface area (Å²) in [5.74, 6) is 0.104. The molecular formula is C25H26ClN3OS. The van der Waals surface area contributed by atoms with Crippen LogP contribution in [0.1, 0.15) is 10.4 Å². The van der Waals surface area contributed by atoms with Gasteiger partial charge in [-0.05, 0) is 60.2 Å². The first-order valence-corrected chi connectivity index (χ1v) is 12.1. The molecule has 160 valence electrons. The Hall–Kier alpha value is -2.50. The van der Waals surface area contributed by atoms with Gasteiger partial charge < -0.3 is 15.1 Å². The van der Waals surface area contributed by atoms with E-state index in [1.807, 2.05) is 12.1 Å². The number of nitrogens with zero attached hydrogens (tertiary/aromatic N) is 2. The van der Waals surface area contributed by atoms with E-state index in [-0.39, 0.29) is 17.9 Å². The number of benzene rings is 2. The number of hydrogen-bond donors (Lipinski definition) is 1. The minimum atomic E-state index is -0.0617. The minimum Gasteiger partial charge on any atom is -0.368 e. The first-order chi connectivity index (χ1) is 15.2. The molecule has 0 saturated carbocycles. The normalized spacial score (nSPS) is 20.2. The van der Waals surface area contributed by atoms with Gasteiger partial charge in [-0.25, -0.2) is 0 Å². The summed E-state index contributed by atoms with van der Waals surface area (Å²) in [5, 5.41) is 6.05. The van der Waals surface area contributed by atoms with Gasteiger partial charge in [-0.15, -0.1) is 11.3 Å². The van der Waals surface area contributed by atoms with Crippen molar-refractivity contribution in [3.63, 3.8) is 0 Å². The fraction of sp³-hybridized carbons (Fsp3) is 0.320. The second kappa shape index (κ2) is 8.93. The van der Waals surface area contributed by atoms with E-state index in [9.17, 15) is 4.79 Å². The molecule has 0 aliphatic carbocycles. The van der Waals surface area contributed by atoms with Crippen molar-refractivity contribution in [1.29, 1.82) is 0 Å². The molecule has 1 amide bonds. The molecule has 2 unspecified atom stereocenters. The molecule has 5 rings (SSSR count). The van der Waals surface area contributed by atoms with Gasteiger partial charge in [0, 0.05) is 47.5 Å². The predicted octanol–water partition coefficient (Wildman–Crippen LogP) is 4.63. The number of amides is 1.